The van der Waals surface area contributed by atoms with Gasteiger partial charge in [-0.25, -0.2) is 0 Å². The second kappa shape index (κ2) is 5.53. The number of nitrogens with zero attached hydrogens (tertiary/aromatic N) is 1. The predicted octanol–water partition coefficient (Wildman–Crippen LogP) is 4.15. The van der Waals surface area contributed by atoms with Crippen molar-refractivity contribution in [1.82, 2.24) is 0 Å². The van der Waals surface area contributed by atoms with Crippen LogP contribution >= 0.6 is 11.6 Å². The van der Waals surface area contributed by atoms with Crippen molar-refractivity contribution in [2.75, 3.05) is 5.32 Å². The minimum Gasteiger partial charge on any atom is -0.871 e. The third kappa shape index (κ3) is 2.16. The Morgan fingerprint density at radius 1 is 1.25 bits per heavy atom. The molecule has 0 saturated heterocycles. The van der Waals surface area contributed by atoms with Crippen molar-refractivity contribution >= 4 is 23.0 Å². The third-order valence-corrected chi connectivity index (χ3v) is 5.16. The van der Waals surface area contributed by atoms with Crippen LogP contribution in [-0.2, 0) is 0 Å². The summed E-state index contributed by atoms with van der Waals surface area (Å²) < 4.78 is 0. The fraction of sp³-hybridized carbons (Fsp3) is 0.222. The fourth-order valence-electron chi connectivity index (χ4n) is 3.87. The van der Waals surface area contributed by atoms with Gasteiger partial charge in [0.25, 0.3) is 5.69 Å². The molecule has 0 aromatic heterocycles. The Bertz CT molecular complexity index is 851. The van der Waals surface area contributed by atoms with Gasteiger partial charge in [-0.05, 0) is 24.0 Å². The highest BCUT2D eigenvalue weighted by atomic mass is 35.5. The summed E-state index contributed by atoms with van der Waals surface area (Å²) in [6.07, 6.45) is 4.79. The van der Waals surface area contributed by atoms with E-state index in [1.165, 1.54) is 0 Å². The quantitative estimate of drug-likeness (QED) is 0.505. The number of allylic oxidation sites excluding steroid dienone is 2. The standard InChI is InChI=1S/C18H15ClN2O3/c19-13-9-14(22)17-15(18(13)21(23)24)11-7-4-8-12(11)16(20-17)10-5-2-1-3-6-10/h1-7,9,11-12,16,20,22H,8H2/p-1/t11-,12+,16+/m0/s1. The van der Waals surface area contributed by atoms with Gasteiger partial charge in [-0.3, -0.25) is 10.1 Å². The Morgan fingerprint density at radius 3 is 2.71 bits per heavy atom. The summed E-state index contributed by atoms with van der Waals surface area (Å²) in [5, 5.41) is 27.1. The second-order valence-corrected chi connectivity index (χ2v) is 6.54. The molecule has 5 nitrogen and oxygen atoms in total. The van der Waals surface area contributed by atoms with E-state index in [2.05, 4.69) is 5.32 Å². The minimum atomic E-state index is -0.492. The van der Waals surface area contributed by atoms with Crippen LogP contribution in [0.4, 0.5) is 11.4 Å². The average molecular weight is 342 g/mol. The number of benzene rings is 2. The molecule has 0 amide bonds. The molecule has 2 aromatic rings. The van der Waals surface area contributed by atoms with Gasteiger partial charge < -0.3 is 10.4 Å². The van der Waals surface area contributed by atoms with Crippen LogP contribution in [0.25, 0.3) is 0 Å². The van der Waals surface area contributed by atoms with E-state index in [4.69, 9.17) is 11.6 Å². The number of halogens is 1. The zero-order valence-electron chi connectivity index (χ0n) is 12.6. The van der Waals surface area contributed by atoms with Crippen molar-refractivity contribution in [3.63, 3.8) is 0 Å². The number of nitro benzene ring substituents is 1. The van der Waals surface area contributed by atoms with E-state index in [1.54, 1.807) is 0 Å². The van der Waals surface area contributed by atoms with Crippen LogP contribution in [0.2, 0.25) is 5.02 Å². The molecule has 24 heavy (non-hydrogen) atoms. The zero-order valence-corrected chi connectivity index (χ0v) is 13.4. The first-order valence-corrected chi connectivity index (χ1v) is 8.11. The number of nitro groups is 1. The molecule has 1 N–H and O–H groups in total. The number of anilines is 1. The van der Waals surface area contributed by atoms with Crippen molar-refractivity contribution < 1.29 is 10.0 Å². The van der Waals surface area contributed by atoms with Gasteiger partial charge >= 0.3 is 0 Å². The summed E-state index contributed by atoms with van der Waals surface area (Å²) in [5.74, 6) is -0.366. The molecule has 3 atom stereocenters. The van der Waals surface area contributed by atoms with Crippen LogP contribution in [-0.4, -0.2) is 4.92 Å². The van der Waals surface area contributed by atoms with Crippen molar-refractivity contribution in [3.8, 4) is 5.75 Å². The summed E-state index contributed by atoms with van der Waals surface area (Å²) in [7, 11) is 0. The van der Waals surface area contributed by atoms with Crippen molar-refractivity contribution in [3.05, 3.63) is 74.8 Å². The summed E-state index contributed by atoms with van der Waals surface area (Å²) in [6.45, 7) is 0. The molecule has 4 rings (SSSR count). The molecule has 0 unspecified atom stereocenters. The Kier molecular flexibility index (Phi) is 3.46. The maximum atomic E-state index is 12.4. The molecular formula is C18H14ClN2O3-. The molecule has 0 radical (unpaired) electrons. The summed E-state index contributed by atoms with van der Waals surface area (Å²) in [5.41, 5.74) is 1.63. The fourth-order valence-corrected chi connectivity index (χ4v) is 4.14. The smallest absolute Gasteiger partial charge is 0.293 e. The van der Waals surface area contributed by atoms with Gasteiger partial charge in [-0.2, -0.15) is 0 Å². The number of rotatable bonds is 2. The summed E-state index contributed by atoms with van der Waals surface area (Å²) in [4.78, 5) is 11.0. The highest BCUT2D eigenvalue weighted by Gasteiger charge is 2.42. The molecule has 0 fully saturated rings. The van der Waals surface area contributed by atoms with E-state index in [9.17, 15) is 15.2 Å². The van der Waals surface area contributed by atoms with E-state index in [0.29, 0.717) is 11.3 Å². The first-order valence-electron chi connectivity index (χ1n) is 7.74. The van der Waals surface area contributed by atoms with Gasteiger partial charge in [0.05, 0.1) is 16.5 Å². The SMILES string of the molecule is O=[N+]([O-])c1c(Cl)cc([O-])c2c1[C@H]1C=CC[C@H]1[C@@H](c1ccccc1)N2. The maximum absolute atomic E-state index is 12.4. The highest BCUT2D eigenvalue weighted by Crippen LogP contribution is 2.55. The molecule has 122 valence electrons. The number of hydrogen-bond donors (Lipinski definition) is 1. The number of nitrogens with one attached hydrogen (secondary N) is 1. The van der Waals surface area contributed by atoms with Gasteiger partial charge in [0.15, 0.2) is 0 Å². The molecule has 1 heterocycles. The second-order valence-electron chi connectivity index (χ2n) is 6.14. The molecule has 6 heteroatoms. The lowest BCUT2D eigenvalue weighted by molar-refractivity contribution is -0.385. The minimum absolute atomic E-state index is 0.0628. The van der Waals surface area contributed by atoms with Gasteiger partial charge in [0.2, 0.25) is 0 Å². The van der Waals surface area contributed by atoms with Gasteiger partial charge in [-0.1, -0.05) is 59.8 Å². The first kappa shape index (κ1) is 15.0. The average Bonchev–Trinajstić information content (AvgIpc) is 3.04. The Hall–Kier alpha value is -2.53. The monoisotopic (exact) mass is 341 g/mol. The van der Waals surface area contributed by atoms with Crippen molar-refractivity contribution in [2.45, 2.75) is 18.4 Å². The van der Waals surface area contributed by atoms with Crippen LogP contribution in [0.5, 0.6) is 5.75 Å². The lowest BCUT2D eigenvalue weighted by Crippen LogP contribution is -2.30. The van der Waals surface area contributed by atoms with Gasteiger partial charge in [-0.15, -0.1) is 0 Å². The molecule has 2 aromatic carbocycles. The van der Waals surface area contributed by atoms with Crippen molar-refractivity contribution in [2.24, 2.45) is 5.92 Å². The topological polar surface area (TPSA) is 78.2 Å². The molecule has 0 saturated carbocycles. The maximum Gasteiger partial charge on any atom is 0.293 e. The first-order chi connectivity index (χ1) is 11.6. The molecule has 0 bridgehead atoms. The van der Waals surface area contributed by atoms with Crippen LogP contribution in [0, 0.1) is 16.0 Å². The van der Waals surface area contributed by atoms with Crippen LogP contribution in [0.1, 0.15) is 29.5 Å². The van der Waals surface area contributed by atoms with E-state index < -0.39 is 4.92 Å². The lowest BCUT2D eigenvalue weighted by atomic mass is 9.76. The molecular weight excluding hydrogens is 328 g/mol. The van der Waals surface area contributed by atoms with E-state index in [1.807, 2.05) is 42.5 Å². The van der Waals surface area contributed by atoms with Crippen LogP contribution in [0.3, 0.4) is 0 Å². The van der Waals surface area contributed by atoms with Crippen LogP contribution in [0.15, 0.2) is 48.6 Å². The molecule has 1 aliphatic heterocycles. The van der Waals surface area contributed by atoms with Gasteiger partial charge in [0.1, 0.15) is 5.02 Å². The molecule has 1 aliphatic carbocycles. The van der Waals surface area contributed by atoms with Crippen LogP contribution < -0.4 is 10.4 Å². The van der Waals surface area contributed by atoms with E-state index in [0.717, 1.165) is 18.1 Å². The number of fused-ring (bicyclic) bond motifs is 3. The van der Waals surface area contributed by atoms with Crippen molar-refractivity contribution in [1.29, 1.82) is 0 Å². The molecule has 0 spiro atoms. The Balaban J connectivity index is 1.92. The van der Waals surface area contributed by atoms with E-state index >= 15 is 0 Å². The largest absolute Gasteiger partial charge is 0.871 e. The zero-order chi connectivity index (χ0) is 16.8. The van der Waals surface area contributed by atoms with E-state index in [-0.39, 0.29) is 34.3 Å². The summed E-state index contributed by atoms with van der Waals surface area (Å²) >= 11 is 6.01. The molecule has 2 aliphatic rings. The lowest BCUT2D eigenvalue weighted by Gasteiger charge is -2.39. The summed E-state index contributed by atoms with van der Waals surface area (Å²) in [6, 6.07) is 10.9. The normalized spacial score (nSPS) is 24.1. The number of hydrogen-bond acceptors (Lipinski definition) is 4. The third-order valence-electron chi connectivity index (χ3n) is 4.87. The highest BCUT2D eigenvalue weighted by molar-refractivity contribution is 6.33. The Labute approximate surface area is 143 Å². The van der Waals surface area contributed by atoms with Gasteiger partial charge in [0, 0.05) is 11.6 Å². The Morgan fingerprint density at radius 2 is 2.00 bits per heavy atom. The predicted molar refractivity (Wildman–Crippen MR) is 90.3 cm³/mol.